The average Bonchev–Trinajstić information content (AvgIpc) is 3.19. The zero-order valence-electron chi connectivity index (χ0n) is 12.8. The molecule has 3 rings (SSSR count). The quantitative estimate of drug-likeness (QED) is 0.827. The third kappa shape index (κ3) is 3.97. The number of halogens is 1. The van der Waals surface area contributed by atoms with E-state index in [1.807, 2.05) is 0 Å². The lowest BCUT2D eigenvalue weighted by Gasteiger charge is -2.19. The lowest BCUT2D eigenvalue weighted by atomic mass is 10.2. The Labute approximate surface area is 140 Å². The molecular weight excluding hydrogens is 317 g/mol. The molecule has 2 aliphatic rings. The Morgan fingerprint density at radius 2 is 2.30 bits per heavy atom. The molecule has 1 atom stereocenters. The van der Waals surface area contributed by atoms with Crippen molar-refractivity contribution in [1.82, 2.24) is 5.32 Å². The number of anilines is 2. The Morgan fingerprint density at radius 1 is 1.43 bits per heavy atom. The highest BCUT2D eigenvalue weighted by Crippen LogP contribution is 2.27. The van der Waals surface area contributed by atoms with E-state index in [9.17, 15) is 9.18 Å². The first-order valence-electron chi connectivity index (χ1n) is 7.90. The highest BCUT2D eigenvalue weighted by atomic mass is 32.1. The first-order chi connectivity index (χ1) is 11.1. The summed E-state index contributed by atoms with van der Waals surface area (Å²) in [6.07, 6.45) is 3.54. The molecule has 5 nitrogen and oxygen atoms in total. The van der Waals surface area contributed by atoms with Crippen molar-refractivity contribution in [1.29, 1.82) is 0 Å². The van der Waals surface area contributed by atoms with Crippen LogP contribution < -0.4 is 15.5 Å². The molecule has 23 heavy (non-hydrogen) atoms. The second-order valence-corrected chi connectivity index (χ2v) is 6.19. The minimum absolute atomic E-state index is 0.0415. The molecular formula is C16H20FN3O2S. The van der Waals surface area contributed by atoms with Crippen LogP contribution in [0.25, 0.3) is 0 Å². The van der Waals surface area contributed by atoms with Gasteiger partial charge in [0.25, 0.3) is 0 Å². The molecule has 0 radical (unpaired) electrons. The summed E-state index contributed by atoms with van der Waals surface area (Å²) < 4.78 is 19.5. The fourth-order valence-electron chi connectivity index (χ4n) is 2.89. The number of amides is 1. The van der Waals surface area contributed by atoms with Gasteiger partial charge < -0.3 is 20.3 Å². The summed E-state index contributed by atoms with van der Waals surface area (Å²) in [5.41, 5.74) is 0.963. The number of thiocarbonyl (C=S) groups is 1. The molecule has 2 heterocycles. The van der Waals surface area contributed by atoms with Crippen molar-refractivity contribution < 1.29 is 13.9 Å². The van der Waals surface area contributed by atoms with E-state index < -0.39 is 5.82 Å². The van der Waals surface area contributed by atoms with E-state index in [1.54, 1.807) is 12.1 Å². The van der Waals surface area contributed by atoms with E-state index in [4.69, 9.17) is 17.0 Å². The topological polar surface area (TPSA) is 53.6 Å². The van der Waals surface area contributed by atoms with Crippen LogP contribution >= 0.6 is 12.2 Å². The van der Waals surface area contributed by atoms with Crippen LogP contribution in [-0.4, -0.2) is 36.8 Å². The number of nitrogens with one attached hydrogen (secondary N) is 2. The van der Waals surface area contributed by atoms with Crippen molar-refractivity contribution in [2.24, 2.45) is 0 Å². The Balaban J connectivity index is 1.61. The van der Waals surface area contributed by atoms with Crippen LogP contribution in [0.2, 0.25) is 0 Å². The second kappa shape index (κ2) is 7.23. The van der Waals surface area contributed by atoms with Crippen LogP contribution in [0.3, 0.4) is 0 Å². The molecule has 124 valence electrons. The van der Waals surface area contributed by atoms with Gasteiger partial charge in [0.1, 0.15) is 5.82 Å². The molecule has 2 saturated heterocycles. The summed E-state index contributed by atoms with van der Waals surface area (Å²) in [5.74, 6) is -0.441. The van der Waals surface area contributed by atoms with Gasteiger partial charge in [0.2, 0.25) is 5.91 Å². The molecule has 0 spiro atoms. The van der Waals surface area contributed by atoms with E-state index in [2.05, 4.69) is 10.6 Å². The molecule has 1 aromatic rings. The van der Waals surface area contributed by atoms with E-state index in [0.717, 1.165) is 25.9 Å². The number of hydrogen-bond donors (Lipinski definition) is 2. The second-order valence-electron chi connectivity index (χ2n) is 5.79. The van der Waals surface area contributed by atoms with Gasteiger partial charge in [-0.3, -0.25) is 4.79 Å². The molecule has 1 amide bonds. The largest absolute Gasteiger partial charge is 0.376 e. The lowest BCUT2D eigenvalue weighted by molar-refractivity contribution is -0.117. The Morgan fingerprint density at radius 3 is 3.00 bits per heavy atom. The number of rotatable bonds is 4. The van der Waals surface area contributed by atoms with Gasteiger partial charge in [-0.2, -0.15) is 0 Å². The van der Waals surface area contributed by atoms with Gasteiger partial charge >= 0.3 is 0 Å². The zero-order valence-corrected chi connectivity index (χ0v) is 13.6. The minimum Gasteiger partial charge on any atom is -0.376 e. The number of benzene rings is 1. The summed E-state index contributed by atoms with van der Waals surface area (Å²) in [6, 6.07) is 4.59. The molecule has 0 aromatic heterocycles. The third-order valence-corrected chi connectivity index (χ3v) is 4.33. The van der Waals surface area contributed by atoms with E-state index in [-0.39, 0.29) is 12.0 Å². The molecule has 2 aliphatic heterocycles. The van der Waals surface area contributed by atoms with Gasteiger partial charge in [0, 0.05) is 31.8 Å². The molecule has 0 saturated carbocycles. The van der Waals surface area contributed by atoms with Crippen molar-refractivity contribution in [3.8, 4) is 0 Å². The Hall–Kier alpha value is -1.73. The summed E-state index contributed by atoms with van der Waals surface area (Å²) in [4.78, 5) is 13.3. The number of ether oxygens (including phenoxy) is 1. The van der Waals surface area contributed by atoms with E-state index >= 15 is 0 Å². The van der Waals surface area contributed by atoms with Crippen LogP contribution in [0.1, 0.15) is 25.7 Å². The Bertz CT molecular complexity index is 605. The molecule has 0 aliphatic carbocycles. The van der Waals surface area contributed by atoms with Crippen molar-refractivity contribution >= 4 is 34.6 Å². The zero-order chi connectivity index (χ0) is 16.2. The van der Waals surface area contributed by atoms with E-state index in [0.29, 0.717) is 36.0 Å². The first kappa shape index (κ1) is 16.1. The molecule has 2 N–H and O–H groups in total. The number of carbonyl (C=O) groups is 1. The number of nitrogens with zero attached hydrogens (tertiary/aromatic N) is 1. The van der Waals surface area contributed by atoms with Gasteiger partial charge in [-0.1, -0.05) is 0 Å². The average molecular weight is 337 g/mol. The number of carbonyl (C=O) groups excluding carboxylic acids is 1. The Kier molecular flexibility index (Phi) is 5.07. The van der Waals surface area contributed by atoms with Gasteiger partial charge in [-0.05, 0) is 49.7 Å². The summed E-state index contributed by atoms with van der Waals surface area (Å²) in [7, 11) is 0. The molecule has 2 fully saturated rings. The van der Waals surface area contributed by atoms with Crippen molar-refractivity contribution in [3.63, 3.8) is 0 Å². The fourth-order valence-corrected chi connectivity index (χ4v) is 3.09. The van der Waals surface area contributed by atoms with Crippen LogP contribution in [0, 0.1) is 5.82 Å². The van der Waals surface area contributed by atoms with Crippen LogP contribution in [0.15, 0.2) is 18.2 Å². The summed E-state index contributed by atoms with van der Waals surface area (Å²) >= 11 is 5.25. The van der Waals surface area contributed by atoms with Crippen molar-refractivity contribution in [3.05, 3.63) is 24.0 Å². The monoisotopic (exact) mass is 337 g/mol. The van der Waals surface area contributed by atoms with Gasteiger partial charge in [0.15, 0.2) is 5.11 Å². The smallest absolute Gasteiger partial charge is 0.227 e. The molecule has 0 bridgehead atoms. The highest BCUT2D eigenvalue weighted by molar-refractivity contribution is 7.80. The maximum Gasteiger partial charge on any atom is 0.227 e. The van der Waals surface area contributed by atoms with Crippen LogP contribution in [0.5, 0.6) is 0 Å². The van der Waals surface area contributed by atoms with Gasteiger partial charge in [0.05, 0.1) is 11.8 Å². The maximum absolute atomic E-state index is 14.0. The van der Waals surface area contributed by atoms with E-state index in [1.165, 1.54) is 11.0 Å². The normalized spacial score (nSPS) is 20.8. The third-order valence-electron chi connectivity index (χ3n) is 4.08. The molecule has 1 unspecified atom stereocenters. The standard InChI is InChI=1S/C16H20FN3O2S/c17-13-6-5-11(9-14(13)20-7-1-4-15(20)21)19-16(23)18-10-12-3-2-8-22-12/h5-6,9,12H,1-4,7-8,10H2,(H2,18,19,23). The van der Waals surface area contributed by atoms with Gasteiger partial charge in [-0.25, -0.2) is 4.39 Å². The molecule has 7 heteroatoms. The van der Waals surface area contributed by atoms with Crippen LogP contribution in [-0.2, 0) is 9.53 Å². The summed E-state index contributed by atoms with van der Waals surface area (Å²) in [6.45, 7) is 2.02. The minimum atomic E-state index is -0.399. The predicted octanol–water partition coefficient (Wildman–Crippen LogP) is 2.42. The maximum atomic E-state index is 14.0. The summed E-state index contributed by atoms with van der Waals surface area (Å²) in [5, 5.41) is 6.60. The van der Waals surface area contributed by atoms with Crippen molar-refractivity contribution in [2.75, 3.05) is 29.9 Å². The lowest BCUT2D eigenvalue weighted by Crippen LogP contribution is -2.34. The molecule has 1 aromatic carbocycles. The SMILES string of the molecule is O=C1CCCN1c1cc(NC(=S)NCC2CCCO2)ccc1F. The van der Waals surface area contributed by atoms with Crippen LogP contribution in [0.4, 0.5) is 15.8 Å². The van der Waals surface area contributed by atoms with Gasteiger partial charge in [-0.15, -0.1) is 0 Å². The first-order valence-corrected chi connectivity index (χ1v) is 8.30. The predicted molar refractivity (Wildman–Crippen MR) is 91.2 cm³/mol. The number of hydrogen-bond acceptors (Lipinski definition) is 3. The van der Waals surface area contributed by atoms with Crippen molar-refractivity contribution in [2.45, 2.75) is 31.8 Å². The highest BCUT2D eigenvalue weighted by Gasteiger charge is 2.24. The fraction of sp³-hybridized carbons (Fsp3) is 0.500.